The van der Waals surface area contributed by atoms with Crippen LogP contribution in [0, 0.1) is 5.82 Å². The third kappa shape index (κ3) is 3.81. The molecule has 0 unspecified atom stereocenters. The molecule has 0 heterocycles. The van der Waals surface area contributed by atoms with Crippen molar-refractivity contribution in [1.82, 2.24) is 5.32 Å². The molecule has 1 aromatic carbocycles. The lowest BCUT2D eigenvalue weighted by Crippen LogP contribution is -2.05. The quantitative estimate of drug-likeness (QED) is 0.726. The van der Waals surface area contributed by atoms with Crippen LogP contribution in [-0.4, -0.2) is 18.7 Å². The van der Waals surface area contributed by atoms with Gasteiger partial charge in [0.1, 0.15) is 5.82 Å². The van der Waals surface area contributed by atoms with Crippen LogP contribution in [0.1, 0.15) is 17.5 Å². The Balaban J connectivity index is 2.73. The fourth-order valence-electron chi connectivity index (χ4n) is 1.30. The Morgan fingerprint density at radius 1 is 1.47 bits per heavy atom. The minimum atomic E-state index is -0.277. The van der Waals surface area contributed by atoms with Crippen molar-refractivity contribution in [2.75, 3.05) is 13.6 Å². The van der Waals surface area contributed by atoms with Crippen molar-refractivity contribution in [3.63, 3.8) is 0 Å². The maximum atomic E-state index is 12.9. The third-order valence-electron chi connectivity index (χ3n) is 2.14. The third-order valence-corrected chi connectivity index (χ3v) is 2.14. The number of hydrogen-bond acceptors (Lipinski definition) is 2. The van der Waals surface area contributed by atoms with Gasteiger partial charge in [0.05, 0.1) is 6.61 Å². The Morgan fingerprint density at radius 2 is 2.27 bits per heavy atom. The molecule has 2 N–H and O–H groups in total. The van der Waals surface area contributed by atoms with Gasteiger partial charge in [-0.15, -0.1) is 0 Å². The average molecular weight is 209 g/mol. The summed E-state index contributed by atoms with van der Waals surface area (Å²) < 4.78 is 12.9. The van der Waals surface area contributed by atoms with Gasteiger partial charge in [-0.3, -0.25) is 0 Å². The molecular weight excluding hydrogens is 193 g/mol. The van der Waals surface area contributed by atoms with E-state index in [0.29, 0.717) is 0 Å². The van der Waals surface area contributed by atoms with Crippen LogP contribution in [0.15, 0.2) is 24.3 Å². The van der Waals surface area contributed by atoms with Gasteiger partial charge in [-0.1, -0.05) is 18.2 Å². The smallest absolute Gasteiger partial charge is 0.123 e. The first-order valence-electron chi connectivity index (χ1n) is 4.98. The minimum Gasteiger partial charge on any atom is -0.392 e. The highest BCUT2D eigenvalue weighted by molar-refractivity contribution is 5.53. The molecule has 82 valence electrons. The van der Waals surface area contributed by atoms with Crippen LogP contribution < -0.4 is 5.32 Å². The molecular formula is C12H16FNO. The van der Waals surface area contributed by atoms with Crippen LogP contribution in [0.25, 0.3) is 6.08 Å². The largest absolute Gasteiger partial charge is 0.392 e. The molecule has 0 bridgehead atoms. The van der Waals surface area contributed by atoms with E-state index in [1.807, 2.05) is 19.2 Å². The van der Waals surface area contributed by atoms with Crippen molar-refractivity contribution in [2.24, 2.45) is 0 Å². The zero-order valence-electron chi connectivity index (χ0n) is 8.83. The van der Waals surface area contributed by atoms with Gasteiger partial charge in [-0.25, -0.2) is 4.39 Å². The number of halogens is 1. The van der Waals surface area contributed by atoms with Crippen molar-refractivity contribution in [3.8, 4) is 0 Å². The number of aliphatic hydroxyl groups is 1. The molecule has 0 saturated carbocycles. The van der Waals surface area contributed by atoms with Crippen LogP contribution in [-0.2, 0) is 6.61 Å². The summed E-state index contributed by atoms with van der Waals surface area (Å²) in [5.41, 5.74) is 1.49. The highest BCUT2D eigenvalue weighted by Crippen LogP contribution is 2.13. The molecule has 0 aliphatic heterocycles. The van der Waals surface area contributed by atoms with Crippen molar-refractivity contribution < 1.29 is 9.50 Å². The van der Waals surface area contributed by atoms with E-state index >= 15 is 0 Å². The molecule has 0 atom stereocenters. The van der Waals surface area contributed by atoms with Gasteiger partial charge >= 0.3 is 0 Å². The first-order chi connectivity index (χ1) is 7.27. The van der Waals surface area contributed by atoms with Crippen LogP contribution >= 0.6 is 0 Å². The van der Waals surface area contributed by atoms with E-state index < -0.39 is 0 Å². The molecule has 0 spiro atoms. The SMILES string of the molecule is CNCCC=Cc1cc(F)ccc1CO. The summed E-state index contributed by atoms with van der Waals surface area (Å²) in [5.74, 6) is -0.277. The van der Waals surface area contributed by atoms with Gasteiger partial charge in [0.15, 0.2) is 0 Å². The lowest BCUT2D eigenvalue weighted by atomic mass is 10.1. The first-order valence-corrected chi connectivity index (χ1v) is 4.98. The molecule has 1 aromatic rings. The summed E-state index contributed by atoms with van der Waals surface area (Å²) in [5, 5.41) is 12.1. The van der Waals surface area contributed by atoms with E-state index in [-0.39, 0.29) is 12.4 Å². The second kappa shape index (κ2) is 6.32. The van der Waals surface area contributed by atoms with E-state index in [2.05, 4.69) is 5.32 Å². The Kier molecular flexibility index (Phi) is 5.01. The monoisotopic (exact) mass is 209 g/mol. The van der Waals surface area contributed by atoms with E-state index in [1.54, 1.807) is 6.07 Å². The summed E-state index contributed by atoms with van der Waals surface area (Å²) in [6.07, 6.45) is 4.69. The number of nitrogens with one attached hydrogen (secondary N) is 1. The summed E-state index contributed by atoms with van der Waals surface area (Å²) in [6, 6.07) is 4.39. The summed E-state index contributed by atoms with van der Waals surface area (Å²) in [6.45, 7) is 0.826. The van der Waals surface area contributed by atoms with E-state index in [4.69, 9.17) is 5.11 Å². The minimum absolute atomic E-state index is 0.0635. The summed E-state index contributed by atoms with van der Waals surface area (Å²) in [7, 11) is 1.88. The average Bonchev–Trinajstić information content (AvgIpc) is 2.25. The van der Waals surface area contributed by atoms with Crippen LogP contribution in [0.2, 0.25) is 0 Å². The molecule has 0 aromatic heterocycles. The fraction of sp³-hybridized carbons (Fsp3) is 0.333. The zero-order valence-corrected chi connectivity index (χ0v) is 8.83. The Hall–Kier alpha value is -1.19. The zero-order chi connectivity index (χ0) is 11.1. The molecule has 2 nitrogen and oxygen atoms in total. The summed E-state index contributed by atoms with van der Waals surface area (Å²) in [4.78, 5) is 0. The first kappa shape index (κ1) is 11.9. The Bertz CT molecular complexity index is 336. The molecule has 0 aliphatic rings. The second-order valence-corrected chi connectivity index (χ2v) is 3.30. The normalized spacial score (nSPS) is 11.1. The van der Waals surface area contributed by atoms with E-state index in [1.165, 1.54) is 12.1 Å². The number of aliphatic hydroxyl groups excluding tert-OH is 1. The van der Waals surface area contributed by atoms with Gasteiger partial charge in [-0.2, -0.15) is 0 Å². The molecule has 1 rings (SSSR count). The standard InChI is InChI=1S/C12H16FNO/c1-14-7-3-2-4-10-8-12(13)6-5-11(10)9-15/h2,4-6,8,14-15H,3,7,9H2,1H3. The highest BCUT2D eigenvalue weighted by atomic mass is 19.1. The van der Waals surface area contributed by atoms with Gasteiger partial charge in [0.25, 0.3) is 0 Å². The van der Waals surface area contributed by atoms with Crippen molar-refractivity contribution in [2.45, 2.75) is 13.0 Å². The van der Waals surface area contributed by atoms with E-state index in [9.17, 15) is 4.39 Å². The molecule has 0 aliphatic carbocycles. The molecule has 3 heteroatoms. The maximum Gasteiger partial charge on any atom is 0.123 e. The molecule has 0 fully saturated rings. The van der Waals surface area contributed by atoms with Crippen LogP contribution in [0.4, 0.5) is 4.39 Å². The maximum absolute atomic E-state index is 12.9. The van der Waals surface area contributed by atoms with Gasteiger partial charge in [0.2, 0.25) is 0 Å². The van der Waals surface area contributed by atoms with Crippen molar-refractivity contribution in [1.29, 1.82) is 0 Å². The van der Waals surface area contributed by atoms with Gasteiger partial charge in [-0.05, 0) is 43.3 Å². The topological polar surface area (TPSA) is 32.3 Å². The highest BCUT2D eigenvalue weighted by Gasteiger charge is 1.99. The van der Waals surface area contributed by atoms with E-state index in [0.717, 1.165) is 24.1 Å². The fourth-order valence-corrected chi connectivity index (χ4v) is 1.30. The molecule has 15 heavy (non-hydrogen) atoms. The number of benzene rings is 1. The van der Waals surface area contributed by atoms with Crippen LogP contribution in [0.3, 0.4) is 0 Å². The molecule has 0 saturated heterocycles. The van der Waals surface area contributed by atoms with Crippen molar-refractivity contribution >= 4 is 6.08 Å². The molecule has 0 amide bonds. The molecule has 0 radical (unpaired) electrons. The Labute approximate surface area is 89.4 Å². The van der Waals surface area contributed by atoms with Crippen molar-refractivity contribution in [3.05, 3.63) is 41.2 Å². The predicted molar refractivity (Wildman–Crippen MR) is 59.9 cm³/mol. The van der Waals surface area contributed by atoms with Crippen LogP contribution in [0.5, 0.6) is 0 Å². The number of hydrogen-bond donors (Lipinski definition) is 2. The summed E-state index contributed by atoms with van der Waals surface area (Å²) >= 11 is 0. The predicted octanol–water partition coefficient (Wildman–Crippen LogP) is 1.94. The van der Waals surface area contributed by atoms with Gasteiger partial charge in [0, 0.05) is 0 Å². The van der Waals surface area contributed by atoms with Gasteiger partial charge < -0.3 is 10.4 Å². The number of rotatable bonds is 5. The lowest BCUT2D eigenvalue weighted by molar-refractivity contribution is 0.281. The lowest BCUT2D eigenvalue weighted by Gasteiger charge is -2.02. The second-order valence-electron chi connectivity index (χ2n) is 3.30. The Morgan fingerprint density at radius 3 is 2.93 bits per heavy atom.